The van der Waals surface area contributed by atoms with Crippen molar-refractivity contribution in [2.75, 3.05) is 4.72 Å². The molecule has 6 nitrogen and oxygen atoms in total. The molecule has 1 saturated carbocycles. The van der Waals surface area contributed by atoms with Gasteiger partial charge in [-0.3, -0.25) is 4.72 Å². The van der Waals surface area contributed by atoms with Crippen LogP contribution in [0.5, 0.6) is 0 Å². The minimum Gasteiger partial charge on any atom is -0.282 e. The standard InChI is InChI=1S/C12H17ClN2O4S2/c1-8-6-10(20(14,16)17)7-11(13)12(8)15-21(18,19)9-4-2-3-5-9/h6-7,9,15H,2-5H2,1H3,(H2,14,16,17). The van der Waals surface area contributed by atoms with Crippen LogP contribution in [0.3, 0.4) is 0 Å². The Bertz CT molecular complexity index is 730. The van der Waals surface area contributed by atoms with Gasteiger partial charge in [-0.15, -0.1) is 0 Å². The van der Waals surface area contributed by atoms with Gasteiger partial charge >= 0.3 is 0 Å². The molecule has 0 amide bonds. The maximum Gasteiger partial charge on any atom is 0.238 e. The highest BCUT2D eigenvalue weighted by atomic mass is 35.5. The fourth-order valence-corrected chi connectivity index (χ4v) is 5.16. The van der Waals surface area contributed by atoms with E-state index in [1.807, 2.05) is 0 Å². The van der Waals surface area contributed by atoms with Gasteiger partial charge in [0.2, 0.25) is 20.0 Å². The Hall–Kier alpha value is -0.830. The summed E-state index contributed by atoms with van der Waals surface area (Å²) >= 11 is 6.01. The molecule has 9 heteroatoms. The summed E-state index contributed by atoms with van der Waals surface area (Å²) in [5.41, 5.74) is 0.615. The summed E-state index contributed by atoms with van der Waals surface area (Å²) in [4.78, 5) is -0.145. The molecule has 1 aliphatic carbocycles. The van der Waals surface area contributed by atoms with E-state index >= 15 is 0 Å². The first-order chi connectivity index (χ1) is 9.61. The predicted octanol–water partition coefficient (Wildman–Crippen LogP) is 1.98. The van der Waals surface area contributed by atoms with E-state index in [9.17, 15) is 16.8 Å². The number of anilines is 1. The molecule has 0 radical (unpaired) electrons. The second-order valence-corrected chi connectivity index (χ2v) is 9.12. The molecule has 0 unspecified atom stereocenters. The van der Waals surface area contributed by atoms with Gasteiger partial charge < -0.3 is 0 Å². The second-order valence-electron chi connectivity index (χ2n) is 5.20. The number of hydrogen-bond acceptors (Lipinski definition) is 4. The molecule has 118 valence electrons. The lowest BCUT2D eigenvalue weighted by molar-refractivity contribution is 0.585. The van der Waals surface area contributed by atoms with Crippen LogP contribution in [0.2, 0.25) is 5.02 Å². The number of hydrogen-bond donors (Lipinski definition) is 2. The summed E-state index contributed by atoms with van der Waals surface area (Å²) < 4.78 is 49.7. The van der Waals surface area contributed by atoms with Crippen LogP contribution >= 0.6 is 11.6 Å². The number of benzene rings is 1. The van der Waals surface area contributed by atoms with E-state index in [1.165, 1.54) is 6.07 Å². The molecule has 1 aromatic carbocycles. The van der Waals surface area contributed by atoms with Crippen LogP contribution in [0.1, 0.15) is 31.2 Å². The highest BCUT2D eigenvalue weighted by Crippen LogP contribution is 2.32. The van der Waals surface area contributed by atoms with E-state index in [0.29, 0.717) is 18.4 Å². The first-order valence-electron chi connectivity index (χ1n) is 6.46. The average Bonchev–Trinajstić information content (AvgIpc) is 2.86. The SMILES string of the molecule is Cc1cc(S(N)(=O)=O)cc(Cl)c1NS(=O)(=O)C1CCCC1. The fraction of sp³-hybridized carbons (Fsp3) is 0.500. The fourth-order valence-electron chi connectivity index (χ4n) is 2.43. The number of halogens is 1. The molecule has 0 aromatic heterocycles. The summed E-state index contributed by atoms with van der Waals surface area (Å²) in [7, 11) is -7.41. The third-order valence-electron chi connectivity index (χ3n) is 3.57. The zero-order valence-corrected chi connectivity index (χ0v) is 13.9. The summed E-state index contributed by atoms with van der Waals surface area (Å²) in [6.45, 7) is 1.58. The van der Waals surface area contributed by atoms with E-state index < -0.39 is 25.3 Å². The lowest BCUT2D eigenvalue weighted by Crippen LogP contribution is -2.26. The summed E-state index contributed by atoms with van der Waals surface area (Å²) in [5, 5.41) is 4.64. The molecule has 1 aliphatic rings. The van der Waals surface area contributed by atoms with E-state index in [1.54, 1.807) is 6.92 Å². The van der Waals surface area contributed by atoms with Crippen LogP contribution in [-0.2, 0) is 20.0 Å². The smallest absolute Gasteiger partial charge is 0.238 e. The largest absolute Gasteiger partial charge is 0.282 e. The quantitative estimate of drug-likeness (QED) is 0.863. The topological polar surface area (TPSA) is 106 Å². The summed E-state index contributed by atoms with van der Waals surface area (Å²) in [6.07, 6.45) is 3.04. The van der Waals surface area contributed by atoms with Crippen molar-refractivity contribution in [3.63, 3.8) is 0 Å². The zero-order valence-electron chi connectivity index (χ0n) is 11.5. The Kier molecular flexibility index (Phi) is 4.53. The van der Waals surface area contributed by atoms with E-state index in [2.05, 4.69) is 4.72 Å². The molecule has 0 spiro atoms. The van der Waals surface area contributed by atoms with Gasteiger partial charge in [-0.1, -0.05) is 24.4 Å². The molecule has 1 aromatic rings. The number of primary sulfonamides is 1. The average molecular weight is 353 g/mol. The molecule has 0 saturated heterocycles. The summed E-state index contributed by atoms with van der Waals surface area (Å²) in [6, 6.07) is 2.45. The first kappa shape index (κ1) is 16.5. The van der Waals surface area contributed by atoms with Gasteiger partial charge in [0.1, 0.15) is 0 Å². The van der Waals surface area contributed by atoms with Crippen LogP contribution in [0.25, 0.3) is 0 Å². The van der Waals surface area contributed by atoms with Gasteiger partial charge in [0.15, 0.2) is 0 Å². The third-order valence-corrected chi connectivity index (χ3v) is 6.60. The van der Waals surface area contributed by atoms with Gasteiger partial charge in [-0.2, -0.15) is 0 Å². The van der Waals surface area contributed by atoms with Gasteiger partial charge in [-0.05, 0) is 37.5 Å². The second kappa shape index (κ2) is 5.75. The van der Waals surface area contributed by atoms with Crippen molar-refractivity contribution in [3.05, 3.63) is 22.7 Å². The van der Waals surface area contributed by atoms with Crippen molar-refractivity contribution in [1.29, 1.82) is 0 Å². The number of rotatable bonds is 4. The van der Waals surface area contributed by atoms with E-state index in [-0.39, 0.29) is 15.6 Å². The molecular weight excluding hydrogens is 336 g/mol. The lowest BCUT2D eigenvalue weighted by Gasteiger charge is -2.17. The van der Waals surface area contributed by atoms with E-state index in [4.69, 9.17) is 16.7 Å². The van der Waals surface area contributed by atoms with Gasteiger partial charge in [0, 0.05) is 0 Å². The maximum absolute atomic E-state index is 12.3. The Balaban J connectivity index is 2.37. The molecule has 0 atom stereocenters. The molecule has 0 bridgehead atoms. The monoisotopic (exact) mass is 352 g/mol. The Morgan fingerprint density at radius 2 is 1.76 bits per heavy atom. The molecule has 3 N–H and O–H groups in total. The van der Waals surface area contributed by atoms with Crippen LogP contribution in [0.15, 0.2) is 17.0 Å². The Morgan fingerprint density at radius 1 is 1.19 bits per heavy atom. The predicted molar refractivity (Wildman–Crippen MR) is 82.4 cm³/mol. The van der Waals surface area contributed by atoms with Crippen LogP contribution in [0.4, 0.5) is 5.69 Å². The van der Waals surface area contributed by atoms with Gasteiger partial charge in [-0.25, -0.2) is 22.0 Å². The highest BCUT2D eigenvalue weighted by molar-refractivity contribution is 7.93. The van der Waals surface area contributed by atoms with Crippen molar-refractivity contribution < 1.29 is 16.8 Å². The minimum absolute atomic E-state index is 0.0144. The van der Waals surface area contributed by atoms with Crippen molar-refractivity contribution in [2.24, 2.45) is 5.14 Å². The van der Waals surface area contributed by atoms with Crippen molar-refractivity contribution in [2.45, 2.75) is 42.8 Å². The van der Waals surface area contributed by atoms with Gasteiger partial charge in [0.25, 0.3) is 0 Å². The summed E-state index contributed by atoms with van der Waals surface area (Å²) in [5.74, 6) is 0. The number of aryl methyl sites for hydroxylation is 1. The molecule has 21 heavy (non-hydrogen) atoms. The number of nitrogens with one attached hydrogen (secondary N) is 1. The van der Waals surface area contributed by atoms with Crippen LogP contribution < -0.4 is 9.86 Å². The first-order valence-corrected chi connectivity index (χ1v) is 9.93. The Labute approximate surface area is 129 Å². The van der Waals surface area contributed by atoms with E-state index in [0.717, 1.165) is 18.9 Å². The number of nitrogens with two attached hydrogens (primary N) is 1. The highest BCUT2D eigenvalue weighted by Gasteiger charge is 2.29. The number of sulfonamides is 2. The molecule has 0 heterocycles. The van der Waals surface area contributed by atoms with Crippen molar-refractivity contribution in [1.82, 2.24) is 0 Å². The lowest BCUT2D eigenvalue weighted by atomic mass is 10.2. The third kappa shape index (κ3) is 3.68. The Morgan fingerprint density at radius 3 is 2.24 bits per heavy atom. The maximum atomic E-state index is 12.3. The molecular formula is C12H17ClN2O4S2. The van der Waals surface area contributed by atoms with Gasteiger partial charge in [0.05, 0.1) is 20.9 Å². The van der Waals surface area contributed by atoms with Crippen LogP contribution in [-0.4, -0.2) is 22.1 Å². The normalized spacial score (nSPS) is 17.1. The van der Waals surface area contributed by atoms with Crippen molar-refractivity contribution in [3.8, 4) is 0 Å². The van der Waals surface area contributed by atoms with Crippen molar-refractivity contribution >= 4 is 37.3 Å². The molecule has 0 aliphatic heterocycles. The molecule has 2 rings (SSSR count). The van der Waals surface area contributed by atoms with Crippen LogP contribution in [0, 0.1) is 6.92 Å². The minimum atomic E-state index is -3.89. The zero-order chi connectivity index (χ0) is 15.8. The molecule has 1 fully saturated rings.